The third kappa shape index (κ3) is 3.90. The number of carbonyl (C=O) groups excluding carboxylic acids is 3. The SMILES string of the molecule is CCCCCNC(=O)CCN1C(=O)N=C2C=CC=CC2C1=O. The van der Waals surface area contributed by atoms with Crippen molar-refractivity contribution in [1.82, 2.24) is 10.2 Å². The van der Waals surface area contributed by atoms with E-state index >= 15 is 0 Å². The number of imide groups is 1. The van der Waals surface area contributed by atoms with Crippen molar-refractivity contribution in [3.8, 4) is 0 Å². The van der Waals surface area contributed by atoms with Gasteiger partial charge < -0.3 is 5.32 Å². The molecule has 1 N–H and O–H groups in total. The van der Waals surface area contributed by atoms with Gasteiger partial charge in [0.15, 0.2) is 0 Å². The van der Waals surface area contributed by atoms with Crippen LogP contribution in [0.4, 0.5) is 4.79 Å². The second kappa shape index (κ2) is 7.68. The molecule has 1 atom stereocenters. The van der Waals surface area contributed by atoms with Crippen LogP contribution in [0.1, 0.15) is 32.6 Å². The lowest BCUT2D eigenvalue weighted by Gasteiger charge is -2.28. The van der Waals surface area contributed by atoms with E-state index in [1.165, 1.54) is 0 Å². The number of nitrogens with one attached hydrogen (secondary N) is 1. The Kier molecular flexibility index (Phi) is 5.63. The monoisotopic (exact) mass is 303 g/mol. The molecule has 0 aromatic rings. The number of amides is 4. The van der Waals surface area contributed by atoms with Gasteiger partial charge in [0.1, 0.15) is 0 Å². The topological polar surface area (TPSA) is 78.8 Å². The Morgan fingerprint density at radius 1 is 1.32 bits per heavy atom. The normalized spacial score (nSPS) is 20.0. The number of nitrogens with zero attached hydrogens (tertiary/aromatic N) is 2. The van der Waals surface area contributed by atoms with Crippen LogP contribution < -0.4 is 5.32 Å². The van der Waals surface area contributed by atoms with Crippen molar-refractivity contribution in [1.29, 1.82) is 0 Å². The predicted molar refractivity (Wildman–Crippen MR) is 83.5 cm³/mol. The van der Waals surface area contributed by atoms with Crippen LogP contribution in [0.25, 0.3) is 0 Å². The van der Waals surface area contributed by atoms with Gasteiger partial charge in [-0.1, -0.05) is 38.0 Å². The number of rotatable bonds is 7. The molecule has 4 amide bonds. The summed E-state index contributed by atoms with van der Waals surface area (Å²) >= 11 is 0. The molecule has 2 aliphatic rings. The number of hydrogen-bond acceptors (Lipinski definition) is 3. The number of urea groups is 1. The number of aliphatic imine (C=N–C) groups is 1. The van der Waals surface area contributed by atoms with Gasteiger partial charge in [0, 0.05) is 19.5 Å². The molecule has 22 heavy (non-hydrogen) atoms. The quantitative estimate of drug-likeness (QED) is 0.729. The lowest BCUT2D eigenvalue weighted by Crippen LogP contribution is -2.47. The fraction of sp³-hybridized carbons (Fsp3) is 0.500. The van der Waals surface area contributed by atoms with Gasteiger partial charge >= 0.3 is 6.03 Å². The van der Waals surface area contributed by atoms with E-state index in [4.69, 9.17) is 0 Å². The van der Waals surface area contributed by atoms with Crippen molar-refractivity contribution in [2.75, 3.05) is 13.1 Å². The first-order chi connectivity index (χ1) is 10.6. The van der Waals surface area contributed by atoms with Crippen molar-refractivity contribution in [2.24, 2.45) is 10.9 Å². The first-order valence-corrected chi connectivity index (χ1v) is 7.69. The summed E-state index contributed by atoms with van der Waals surface area (Å²) in [7, 11) is 0. The van der Waals surface area contributed by atoms with E-state index in [0.717, 1.165) is 24.2 Å². The fourth-order valence-corrected chi connectivity index (χ4v) is 2.39. The molecule has 1 aliphatic heterocycles. The number of carbonyl (C=O) groups is 3. The second-order valence-electron chi connectivity index (χ2n) is 5.34. The first kappa shape index (κ1) is 16.1. The highest BCUT2D eigenvalue weighted by Gasteiger charge is 2.35. The molecule has 0 aromatic heterocycles. The molecule has 0 fully saturated rings. The van der Waals surface area contributed by atoms with Crippen molar-refractivity contribution in [3.05, 3.63) is 24.3 Å². The van der Waals surface area contributed by atoms with E-state index < -0.39 is 11.9 Å². The minimum Gasteiger partial charge on any atom is -0.356 e. The molecule has 1 unspecified atom stereocenters. The van der Waals surface area contributed by atoms with Gasteiger partial charge in [-0.3, -0.25) is 14.5 Å². The van der Waals surface area contributed by atoms with Crippen LogP contribution in [0.15, 0.2) is 29.3 Å². The zero-order chi connectivity index (χ0) is 15.9. The van der Waals surface area contributed by atoms with Crippen molar-refractivity contribution in [3.63, 3.8) is 0 Å². The van der Waals surface area contributed by atoms with Gasteiger partial charge in [0.05, 0.1) is 11.6 Å². The van der Waals surface area contributed by atoms with Crippen LogP contribution in [0.2, 0.25) is 0 Å². The molecule has 2 rings (SSSR count). The van der Waals surface area contributed by atoms with Gasteiger partial charge in [-0.25, -0.2) is 4.79 Å². The number of allylic oxidation sites excluding steroid dienone is 3. The van der Waals surface area contributed by atoms with Gasteiger partial charge in [-0.2, -0.15) is 4.99 Å². The van der Waals surface area contributed by atoms with Gasteiger partial charge in [0.25, 0.3) is 0 Å². The molecule has 0 radical (unpaired) electrons. The third-order valence-corrected chi connectivity index (χ3v) is 3.65. The van der Waals surface area contributed by atoms with Crippen molar-refractivity contribution < 1.29 is 14.4 Å². The van der Waals surface area contributed by atoms with Crippen molar-refractivity contribution in [2.45, 2.75) is 32.6 Å². The number of hydrogen-bond donors (Lipinski definition) is 1. The molecule has 1 heterocycles. The van der Waals surface area contributed by atoms with Gasteiger partial charge in [0.2, 0.25) is 11.8 Å². The molecular formula is C16H21N3O3. The van der Waals surface area contributed by atoms with Crippen LogP contribution >= 0.6 is 0 Å². The number of fused-ring (bicyclic) bond motifs is 1. The van der Waals surface area contributed by atoms with Gasteiger partial charge in [-0.05, 0) is 12.5 Å². The van der Waals surface area contributed by atoms with E-state index in [2.05, 4.69) is 17.2 Å². The zero-order valence-corrected chi connectivity index (χ0v) is 12.7. The van der Waals surface area contributed by atoms with E-state index in [-0.39, 0.29) is 24.8 Å². The maximum absolute atomic E-state index is 12.3. The fourth-order valence-electron chi connectivity index (χ4n) is 2.39. The molecule has 0 saturated heterocycles. The third-order valence-electron chi connectivity index (χ3n) is 3.65. The Morgan fingerprint density at radius 3 is 2.91 bits per heavy atom. The van der Waals surface area contributed by atoms with Crippen LogP contribution in [0.5, 0.6) is 0 Å². The highest BCUT2D eigenvalue weighted by atomic mass is 16.2. The molecule has 118 valence electrons. The minimum atomic E-state index is -0.588. The second-order valence-corrected chi connectivity index (χ2v) is 5.34. The summed E-state index contributed by atoms with van der Waals surface area (Å²) in [4.78, 5) is 40.9. The Hall–Kier alpha value is -2.24. The number of unbranched alkanes of at least 4 members (excludes halogenated alkanes) is 2. The predicted octanol–water partition coefficient (Wildman–Crippen LogP) is 1.83. The highest BCUT2D eigenvalue weighted by Crippen LogP contribution is 2.19. The maximum atomic E-state index is 12.3. The summed E-state index contributed by atoms with van der Waals surface area (Å²) in [6, 6.07) is -0.588. The largest absolute Gasteiger partial charge is 0.356 e. The lowest BCUT2D eigenvalue weighted by atomic mass is 9.95. The zero-order valence-electron chi connectivity index (χ0n) is 12.7. The molecule has 0 bridgehead atoms. The summed E-state index contributed by atoms with van der Waals surface area (Å²) in [6.07, 6.45) is 10.1. The summed E-state index contributed by atoms with van der Waals surface area (Å²) in [5.74, 6) is -0.963. The van der Waals surface area contributed by atoms with Crippen molar-refractivity contribution >= 4 is 23.6 Å². The molecule has 6 heteroatoms. The smallest absolute Gasteiger partial charge is 0.350 e. The minimum absolute atomic E-state index is 0.0715. The Labute approximate surface area is 130 Å². The van der Waals surface area contributed by atoms with E-state index in [9.17, 15) is 14.4 Å². The Balaban J connectivity index is 1.85. The van der Waals surface area contributed by atoms with E-state index in [0.29, 0.717) is 12.3 Å². The van der Waals surface area contributed by atoms with Gasteiger partial charge in [-0.15, -0.1) is 0 Å². The summed E-state index contributed by atoms with van der Waals surface area (Å²) in [5.41, 5.74) is 0.470. The average molecular weight is 303 g/mol. The summed E-state index contributed by atoms with van der Waals surface area (Å²) in [6.45, 7) is 2.80. The summed E-state index contributed by atoms with van der Waals surface area (Å²) < 4.78 is 0. The summed E-state index contributed by atoms with van der Waals surface area (Å²) in [5, 5.41) is 2.79. The molecule has 0 saturated carbocycles. The lowest BCUT2D eigenvalue weighted by molar-refractivity contribution is -0.130. The van der Waals surface area contributed by atoms with Crippen LogP contribution in [-0.2, 0) is 9.59 Å². The molecule has 0 aromatic carbocycles. The molecule has 1 aliphatic carbocycles. The van der Waals surface area contributed by atoms with E-state index in [1.54, 1.807) is 24.3 Å². The average Bonchev–Trinajstić information content (AvgIpc) is 2.51. The van der Waals surface area contributed by atoms with Crippen LogP contribution in [-0.4, -0.2) is 41.5 Å². The van der Waals surface area contributed by atoms with Crippen LogP contribution in [0, 0.1) is 5.92 Å². The molecule has 0 spiro atoms. The molecular weight excluding hydrogens is 282 g/mol. The molecule has 6 nitrogen and oxygen atoms in total. The first-order valence-electron chi connectivity index (χ1n) is 7.69. The van der Waals surface area contributed by atoms with E-state index in [1.807, 2.05) is 0 Å². The highest BCUT2D eigenvalue weighted by molar-refractivity contribution is 6.21. The van der Waals surface area contributed by atoms with Crippen LogP contribution in [0.3, 0.4) is 0 Å². The Morgan fingerprint density at radius 2 is 2.14 bits per heavy atom. The maximum Gasteiger partial charge on any atom is 0.350 e. The Bertz CT molecular complexity index is 549. The standard InChI is InChI=1S/C16H21N3O3/c1-2-3-6-10-17-14(20)9-11-19-15(21)12-7-4-5-8-13(12)18-16(19)22/h4-5,7-8,12H,2-3,6,9-11H2,1H3,(H,17,20).